The summed E-state index contributed by atoms with van der Waals surface area (Å²) in [6.07, 6.45) is 0.778. The molecule has 0 heterocycles. The number of carbonyl (C=O) groups excluding carboxylic acids is 1. The predicted octanol–water partition coefficient (Wildman–Crippen LogP) is 5.06. The molecule has 2 amide bonds. The second-order valence-corrected chi connectivity index (χ2v) is 7.46. The zero-order chi connectivity index (χ0) is 19.2. The summed E-state index contributed by atoms with van der Waals surface area (Å²) in [5.41, 5.74) is 4.24. The molecule has 2 rings (SSSR count). The third-order valence-corrected chi connectivity index (χ3v) is 4.25. The van der Waals surface area contributed by atoms with Crippen molar-refractivity contribution in [1.29, 1.82) is 0 Å². The summed E-state index contributed by atoms with van der Waals surface area (Å²) in [5, 5.41) is 5.97. The van der Waals surface area contributed by atoms with Crippen LogP contribution in [0.15, 0.2) is 42.5 Å². The summed E-state index contributed by atoms with van der Waals surface area (Å²) in [6.45, 7) is 11.7. The van der Waals surface area contributed by atoms with Crippen molar-refractivity contribution in [3.8, 4) is 5.75 Å². The number of carbonyl (C=O) groups is 1. The van der Waals surface area contributed by atoms with Crippen LogP contribution in [0.4, 0.5) is 10.5 Å². The number of anilines is 1. The van der Waals surface area contributed by atoms with Crippen molar-refractivity contribution < 1.29 is 9.53 Å². The molecule has 2 aromatic carbocycles. The van der Waals surface area contributed by atoms with Crippen LogP contribution in [0.2, 0.25) is 0 Å². The molecule has 0 atom stereocenters. The number of urea groups is 1. The molecule has 0 spiro atoms. The van der Waals surface area contributed by atoms with Gasteiger partial charge in [0.05, 0.1) is 6.61 Å². The van der Waals surface area contributed by atoms with Crippen molar-refractivity contribution in [3.05, 3.63) is 59.2 Å². The van der Waals surface area contributed by atoms with Crippen LogP contribution >= 0.6 is 0 Å². The Morgan fingerprint density at radius 3 is 2.38 bits per heavy atom. The van der Waals surface area contributed by atoms with E-state index in [1.54, 1.807) is 0 Å². The van der Waals surface area contributed by atoms with Gasteiger partial charge in [-0.05, 0) is 54.5 Å². The van der Waals surface area contributed by atoms with Crippen molar-refractivity contribution in [1.82, 2.24) is 5.32 Å². The summed E-state index contributed by atoms with van der Waals surface area (Å²) in [7, 11) is 0. The first-order valence-corrected chi connectivity index (χ1v) is 9.18. The first-order valence-electron chi connectivity index (χ1n) is 9.18. The van der Waals surface area contributed by atoms with Crippen molar-refractivity contribution >= 4 is 11.7 Å². The van der Waals surface area contributed by atoms with Gasteiger partial charge < -0.3 is 15.4 Å². The minimum absolute atomic E-state index is 0.0308. The van der Waals surface area contributed by atoms with Crippen molar-refractivity contribution in [2.45, 2.75) is 46.5 Å². The maximum atomic E-state index is 12.3. The summed E-state index contributed by atoms with van der Waals surface area (Å²) in [6, 6.07) is 13.9. The van der Waals surface area contributed by atoms with E-state index in [0.717, 1.165) is 29.0 Å². The molecule has 0 unspecified atom stereocenters. The van der Waals surface area contributed by atoms with Gasteiger partial charge in [0.2, 0.25) is 0 Å². The van der Waals surface area contributed by atoms with E-state index in [2.05, 4.69) is 37.5 Å². The van der Waals surface area contributed by atoms with Crippen LogP contribution in [-0.2, 0) is 11.8 Å². The van der Waals surface area contributed by atoms with Crippen LogP contribution in [0.25, 0.3) is 0 Å². The number of hydrogen-bond acceptors (Lipinski definition) is 2. The Kier molecular flexibility index (Phi) is 6.67. The molecular formula is C22H30N2O2. The number of rotatable bonds is 6. The summed E-state index contributed by atoms with van der Waals surface area (Å²) >= 11 is 0. The minimum Gasteiger partial charge on any atom is -0.494 e. The lowest BCUT2D eigenvalue weighted by atomic mass is 9.84. The molecule has 2 aromatic rings. The summed E-state index contributed by atoms with van der Waals surface area (Å²) in [4.78, 5) is 12.3. The van der Waals surface area contributed by atoms with Gasteiger partial charge in [-0.3, -0.25) is 0 Å². The molecule has 0 radical (unpaired) electrons. The molecular weight excluding hydrogens is 324 g/mol. The largest absolute Gasteiger partial charge is 0.494 e. The van der Waals surface area contributed by atoms with E-state index in [1.807, 2.05) is 50.2 Å². The van der Waals surface area contributed by atoms with Gasteiger partial charge >= 0.3 is 6.03 Å². The van der Waals surface area contributed by atoms with E-state index in [-0.39, 0.29) is 11.4 Å². The van der Waals surface area contributed by atoms with Crippen LogP contribution in [0.3, 0.4) is 0 Å². The second-order valence-electron chi connectivity index (χ2n) is 7.46. The standard InChI is InChI=1S/C22H30N2O2/c1-6-26-18-12-10-17(11-13-18)14-15-23-21(25)24-20-16(2)8-7-9-19(20)22(3,4)5/h7-13H,6,14-15H2,1-5H3,(H2,23,24,25). The molecule has 0 saturated heterocycles. The average molecular weight is 354 g/mol. The Hall–Kier alpha value is -2.49. The molecule has 26 heavy (non-hydrogen) atoms. The van der Waals surface area contributed by atoms with Crippen molar-refractivity contribution in [2.24, 2.45) is 0 Å². The first kappa shape index (κ1) is 19.8. The van der Waals surface area contributed by atoms with Gasteiger partial charge in [0.1, 0.15) is 5.75 Å². The maximum Gasteiger partial charge on any atom is 0.319 e. The fourth-order valence-electron chi connectivity index (χ4n) is 2.86. The highest BCUT2D eigenvalue weighted by atomic mass is 16.5. The molecule has 4 nitrogen and oxygen atoms in total. The molecule has 0 aliphatic rings. The van der Waals surface area contributed by atoms with Crippen LogP contribution < -0.4 is 15.4 Å². The van der Waals surface area contributed by atoms with E-state index in [4.69, 9.17) is 4.74 Å². The van der Waals surface area contributed by atoms with Gasteiger partial charge in [-0.2, -0.15) is 0 Å². The van der Waals surface area contributed by atoms with Crippen LogP contribution in [0.1, 0.15) is 44.4 Å². The van der Waals surface area contributed by atoms with Gasteiger partial charge in [0.15, 0.2) is 0 Å². The molecule has 140 valence electrons. The number of benzene rings is 2. The van der Waals surface area contributed by atoms with Crippen LogP contribution in [0.5, 0.6) is 5.75 Å². The fraction of sp³-hybridized carbons (Fsp3) is 0.409. The highest BCUT2D eigenvalue weighted by molar-refractivity contribution is 5.91. The topological polar surface area (TPSA) is 50.4 Å². The number of aryl methyl sites for hydroxylation is 1. The number of para-hydroxylation sites is 1. The third kappa shape index (κ3) is 5.51. The zero-order valence-electron chi connectivity index (χ0n) is 16.5. The van der Waals surface area contributed by atoms with Gasteiger partial charge in [0, 0.05) is 12.2 Å². The molecule has 0 aromatic heterocycles. The Morgan fingerprint density at radius 1 is 1.08 bits per heavy atom. The SMILES string of the molecule is CCOc1ccc(CCNC(=O)Nc2c(C)cccc2C(C)(C)C)cc1. The average Bonchev–Trinajstić information content (AvgIpc) is 2.57. The summed E-state index contributed by atoms with van der Waals surface area (Å²) < 4.78 is 5.44. The Bertz CT molecular complexity index is 731. The lowest BCUT2D eigenvalue weighted by Gasteiger charge is -2.24. The monoisotopic (exact) mass is 354 g/mol. The molecule has 0 aliphatic carbocycles. The smallest absolute Gasteiger partial charge is 0.319 e. The molecule has 0 saturated carbocycles. The normalized spacial score (nSPS) is 11.1. The van der Waals surface area contributed by atoms with Gasteiger partial charge in [-0.25, -0.2) is 4.79 Å². The predicted molar refractivity (Wildman–Crippen MR) is 108 cm³/mol. The van der Waals surface area contributed by atoms with E-state index in [0.29, 0.717) is 13.2 Å². The molecule has 0 bridgehead atoms. The van der Waals surface area contributed by atoms with Crippen molar-refractivity contribution in [3.63, 3.8) is 0 Å². The fourth-order valence-corrected chi connectivity index (χ4v) is 2.86. The summed E-state index contributed by atoms with van der Waals surface area (Å²) in [5.74, 6) is 0.871. The van der Waals surface area contributed by atoms with Gasteiger partial charge in [0.25, 0.3) is 0 Å². The van der Waals surface area contributed by atoms with Crippen molar-refractivity contribution in [2.75, 3.05) is 18.5 Å². The lowest BCUT2D eigenvalue weighted by Crippen LogP contribution is -2.31. The Labute approximate surface area is 157 Å². The van der Waals surface area contributed by atoms with E-state index < -0.39 is 0 Å². The molecule has 4 heteroatoms. The van der Waals surface area contributed by atoms with E-state index in [9.17, 15) is 4.79 Å². The van der Waals surface area contributed by atoms with E-state index >= 15 is 0 Å². The number of ether oxygens (including phenoxy) is 1. The van der Waals surface area contributed by atoms with E-state index in [1.165, 1.54) is 5.56 Å². The highest BCUT2D eigenvalue weighted by Gasteiger charge is 2.20. The maximum absolute atomic E-state index is 12.3. The van der Waals surface area contributed by atoms with Gasteiger partial charge in [-0.15, -0.1) is 0 Å². The minimum atomic E-state index is -0.171. The second kappa shape index (κ2) is 8.75. The molecule has 0 aliphatic heterocycles. The Balaban J connectivity index is 1.91. The van der Waals surface area contributed by atoms with Gasteiger partial charge in [-0.1, -0.05) is 51.1 Å². The zero-order valence-corrected chi connectivity index (χ0v) is 16.5. The number of nitrogens with one attached hydrogen (secondary N) is 2. The Morgan fingerprint density at radius 2 is 1.77 bits per heavy atom. The first-order chi connectivity index (χ1) is 12.3. The van der Waals surface area contributed by atoms with Crippen LogP contribution in [-0.4, -0.2) is 19.2 Å². The molecule has 2 N–H and O–H groups in total. The number of hydrogen-bond donors (Lipinski definition) is 2. The lowest BCUT2D eigenvalue weighted by molar-refractivity contribution is 0.252. The highest BCUT2D eigenvalue weighted by Crippen LogP contribution is 2.31. The number of amides is 2. The molecule has 0 fully saturated rings. The van der Waals surface area contributed by atoms with Crippen LogP contribution in [0, 0.1) is 6.92 Å². The quantitative estimate of drug-likeness (QED) is 0.762. The third-order valence-electron chi connectivity index (χ3n) is 4.25.